The van der Waals surface area contributed by atoms with Gasteiger partial charge in [0.2, 0.25) is 10.0 Å². The predicted octanol–water partition coefficient (Wildman–Crippen LogP) is 3.92. The summed E-state index contributed by atoms with van der Waals surface area (Å²) in [6.07, 6.45) is 1.74. The molecule has 1 N–H and O–H groups in total. The van der Waals surface area contributed by atoms with Gasteiger partial charge in [0.25, 0.3) is 5.91 Å². The van der Waals surface area contributed by atoms with Crippen molar-refractivity contribution in [3.05, 3.63) is 59.6 Å². The van der Waals surface area contributed by atoms with Crippen LogP contribution in [0.4, 0.5) is 5.69 Å². The molecule has 1 aliphatic heterocycles. The Morgan fingerprint density at radius 1 is 1.16 bits per heavy atom. The molecule has 1 amide bonds. The second-order valence-corrected chi connectivity index (χ2v) is 10.1. The van der Waals surface area contributed by atoms with Crippen LogP contribution in [-0.4, -0.2) is 43.3 Å². The SMILES string of the molecule is Cc1csc(-c2ccc(OCC(=O)Nc3cccc(S(=O)(=O)N4CCCC4)c3)cc2)n1. The third-order valence-corrected chi connectivity index (χ3v) is 7.81. The minimum atomic E-state index is -3.53. The minimum Gasteiger partial charge on any atom is -0.484 e. The van der Waals surface area contributed by atoms with Crippen LogP contribution in [0.3, 0.4) is 0 Å². The van der Waals surface area contributed by atoms with E-state index < -0.39 is 10.0 Å². The molecule has 31 heavy (non-hydrogen) atoms. The number of hydrogen-bond acceptors (Lipinski definition) is 6. The molecule has 7 nitrogen and oxygen atoms in total. The van der Waals surface area contributed by atoms with E-state index in [0.29, 0.717) is 24.5 Å². The first kappa shape index (κ1) is 21.5. The van der Waals surface area contributed by atoms with E-state index in [1.165, 1.54) is 10.4 Å². The number of thiazole rings is 1. The summed E-state index contributed by atoms with van der Waals surface area (Å²) in [6, 6.07) is 13.7. The smallest absolute Gasteiger partial charge is 0.262 e. The van der Waals surface area contributed by atoms with Crippen molar-refractivity contribution in [3.8, 4) is 16.3 Å². The molecule has 162 valence electrons. The second-order valence-electron chi connectivity index (χ2n) is 7.29. The highest BCUT2D eigenvalue weighted by Crippen LogP contribution is 2.26. The number of amides is 1. The summed E-state index contributed by atoms with van der Waals surface area (Å²) in [5.74, 6) is 0.202. The van der Waals surface area contributed by atoms with Gasteiger partial charge in [-0.2, -0.15) is 4.31 Å². The third kappa shape index (κ3) is 5.12. The maximum Gasteiger partial charge on any atom is 0.262 e. The number of aromatic nitrogens is 1. The molecule has 9 heteroatoms. The molecule has 0 radical (unpaired) electrons. The van der Waals surface area contributed by atoms with Gasteiger partial charge in [0.1, 0.15) is 10.8 Å². The molecule has 0 saturated carbocycles. The number of carbonyl (C=O) groups excluding carboxylic acids is 1. The Kier molecular flexibility index (Phi) is 6.35. The quantitative estimate of drug-likeness (QED) is 0.581. The average Bonchev–Trinajstić information content (AvgIpc) is 3.45. The van der Waals surface area contributed by atoms with E-state index in [1.807, 2.05) is 24.4 Å². The van der Waals surface area contributed by atoms with Gasteiger partial charge in [-0.25, -0.2) is 13.4 Å². The summed E-state index contributed by atoms with van der Waals surface area (Å²) in [5.41, 5.74) is 2.39. The van der Waals surface area contributed by atoms with E-state index in [0.717, 1.165) is 29.1 Å². The van der Waals surface area contributed by atoms with Crippen LogP contribution in [0.25, 0.3) is 10.6 Å². The lowest BCUT2D eigenvalue weighted by molar-refractivity contribution is -0.118. The van der Waals surface area contributed by atoms with Crippen LogP contribution < -0.4 is 10.1 Å². The van der Waals surface area contributed by atoms with E-state index in [1.54, 1.807) is 41.7 Å². The molecular formula is C22H23N3O4S2. The first-order chi connectivity index (χ1) is 14.9. The third-order valence-electron chi connectivity index (χ3n) is 4.91. The molecule has 0 spiro atoms. The van der Waals surface area contributed by atoms with Crippen molar-refractivity contribution in [2.45, 2.75) is 24.7 Å². The molecule has 0 bridgehead atoms. The van der Waals surface area contributed by atoms with Crippen LogP contribution in [0.15, 0.2) is 58.8 Å². The van der Waals surface area contributed by atoms with Gasteiger partial charge < -0.3 is 10.1 Å². The summed E-state index contributed by atoms with van der Waals surface area (Å²) in [6.45, 7) is 2.84. The van der Waals surface area contributed by atoms with Crippen LogP contribution in [0.1, 0.15) is 18.5 Å². The summed E-state index contributed by atoms with van der Waals surface area (Å²) < 4.78 is 32.4. The summed E-state index contributed by atoms with van der Waals surface area (Å²) >= 11 is 1.58. The van der Waals surface area contributed by atoms with Crippen LogP contribution in [0.2, 0.25) is 0 Å². The molecule has 1 aliphatic rings. The highest BCUT2D eigenvalue weighted by molar-refractivity contribution is 7.89. The summed E-state index contributed by atoms with van der Waals surface area (Å²) in [5, 5.41) is 5.63. The van der Waals surface area contributed by atoms with Gasteiger partial charge >= 0.3 is 0 Å². The number of hydrogen-bond donors (Lipinski definition) is 1. The molecule has 0 atom stereocenters. The lowest BCUT2D eigenvalue weighted by Crippen LogP contribution is -2.28. The number of rotatable bonds is 7. The topological polar surface area (TPSA) is 88.6 Å². The Labute approximate surface area is 185 Å². The molecule has 2 aromatic carbocycles. The van der Waals surface area contributed by atoms with Crippen LogP contribution >= 0.6 is 11.3 Å². The van der Waals surface area contributed by atoms with Crippen LogP contribution in [0.5, 0.6) is 5.75 Å². The normalized spacial score (nSPS) is 14.5. The zero-order valence-corrected chi connectivity index (χ0v) is 18.7. The molecule has 0 aliphatic carbocycles. The molecule has 3 aromatic rings. The van der Waals surface area contributed by atoms with Crippen molar-refractivity contribution in [2.24, 2.45) is 0 Å². The van der Waals surface area contributed by atoms with Crippen molar-refractivity contribution in [1.29, 1.82) is 0 Å². The Morgan fingerprint density at radius 3 is 2.58 bits per heavy atom. The highest BCUT2D eigenvalue weighted by atomic mass is 32.2. The first-order valence-electron chi connectivity index (χ1n) is 9.97. The van der Waals surface area contributed by atoms with Gasteiger partial charge in [-0.1, -0.05) is 6.07 Å². The zero-order chi connectivity index (χ0) is 21.8. The molecule has 4 rings (SSSR count). The maximum atomic E-state index is 12.7. The molecular weight excluding hydrogens is 434 g/mol. The molecule has 1 saturated heterocycles. The maximum absolute atomic E-state index is 12.7. The summed E-state index contributed by atoms with van der Waals surface area (Å²) in [4.78, 5) is 16.9. The predicted molar refractivity (Wildman–Crippen MR) is 121 cm³/mol. The van der Waals surface area contributed by atoms with Gasteiger partial charge in [0.05, 0.1) is 4.90 Å². The minimum absolute atomic E-state index is 0.182. The van der Waals surface area contributed by atoms with Crippen LogP contribution in [0, 0.1) is 6.92 Å². The fourth-order valence-corrected chi connectivity index (χ4v) is 5.71. The molecule has 0 unspecified atom stereocenters. The van der Waals surface area contributed by atoms with Gasteiger partial charge in [0, 0.05) is 35.4 Å². The van der Waals surface area contributed by atoms with Crippen molar-refractivity contribution < 1.29 is 17.9 Å². The lowest BCUT2D eigenvalue weighted by atomic mass is 10.2. The number of sulfonamides is 1. The number of anilines is 1. The average molecular weight is 458 g/mol. The number of nitrogens with zero attached hydrogens (tertiary/aromatic N) is 2. The Bertz CT molecular complexity index is 1170. The number of nitrogens with one attached hydrogen (secondary N) is 1. The van der Waals surface area contributed by atoms with E-state index in [4.69, 9.17) is 4.74 Å². The van der Waals surface area contributed by atoms with E-state index in [-0.39, 0.29) is 17.4 Å². The Balaban J connectivity index is 1.35. The Morgan fingerprint density at radius 2 is 1.90 bits per heavy atom. The van der Waals surface area contributed by atoms with Gasteiger partial charge in [-0.15, -0.1) is 11.3 Å². The number of benzene rings is 2. The fourth-order valence-electron chi connectivity index (χ4n) is 3.34. The van der Waals surface area contributed by atoms with Crippen LogP contribution in [-0.2, 0) is 14.8 Å². The number of ether oxygens (including phenoxy) is 1. The van der Waals surface area contributed by atoms with E-state index in [2.05, 4.69) is 10.3 Å². The van der Waals surface area contributed by atoms with Gasteiger partial charge in [-0.05, 0) is 62.2 Å². The zero-order valence-electron chi connectivity index (χ0n) is 17.1. The highest BCUT2D eigenvalue weighted by Gasteiger charge is 2.27. The summed E-state index contributed by atoms with van der Waals surface area (Å²) in [7, 11) is -3.53. The standard InChI is InChI=1S/C22H23N3O4S2/c1-16-15-30-22(23-16)17-7-9-19(10-8-17)29-14-21(26)24-18-5-4-6-20(13-18)31(27,28)25-11-2-3-12-25/h4-10,13,15H,2-3,11-12,14H2,1H3,(H,24,26). The van der Waals surface area contributed by atoms with Gasteiger partial charge in [-0.3, -0.25) is 4.79 Å². The van der Waals surface area contributed by atoms with Crippen molar-refractivity contribution in [2.75, 3.05) is 25.0 Å². The van der Waals surface area contributed by atoms with E-state index in [9.17, 15) is 13.2 Å². The largest absolute Gasteiger partial charge is 0.484 e. The Hall–Kier alpha value is -2.75. The number of aryl methyl sites for hydroxylation is 1. The van der Waals surface area contributed by atoms with Gasteiger partial charge in [0.15, 0.2) is 6.61 Å². The molecule has 2 heterocycles. The van der Waals surface area contributed by atoms with Crippen molar-refractivity contribution in [3.63, 3.8) is 0 Å². The lowest BCUT2D eigenvalue weighted by Gasteiger charge is -2.16. The van der Waals surface area contributed by atoms with E-state index >= 15 is 0 Å². The monoisotopic (exact) mass is 457 g/mol. The van der Waals surface area contributed by atoms with Crippen molar-refractivity contribution >= 4 is 33.0 Å². The van der Waals surface area contributed by atoms with Crippen molar-refractivity contribution in [1.82, 2.24) is 9.29 Å². The number of carbonyl (C=O) groups is 1. The molecule has 1 aromatic heterocycles. The molecule has 1 fully saturated rings. The fraction of sp³-hybridized carbons (Fsp3) is 0.273. The first-order valence-corrected chi connectivity index (χ1v) is 12.3. The second kappa shape index (κ2) is 9.17.